The van der Waals surface area contributed by atoms with Gasteiger partial charge >= 0.3 is 5.97 Å². The molecule has 3 rings (SSSR count). The van der Waals surface area contributed by atoms with Crippen molar-refractivity contribution in [3.63, 3.8) is 0 Å². The summed E-state index contributed by atoms with van der Waals surface area (Å²) in [6.45, 7) is 4.47. The summed E-state index contributed by atoms with van der Waals surface area (Å²) in [5.74, 6) is -0.217. The van der Waals surface area contributed by atoms with Crippen molar-refractivity contribution in [2.45, 2.75) is 20.3 Å². The first kappa shape index (κ1) is 13.4. The van der Waals surface area contributed by atoms with Crippen LogP contribution in [-0.4, -0.2) is 27.7 Å². The highest BCUT2D eigenvalue weighted by Crippen LogP contribution is 2.32. The van der Waals surface area contributed by atoms with E-state index in [1.54, 1.807) is 6.20 Å². The van der Waals surface area contributed by atoms with Crippen molar-refractivity contribution in [2.24, 2.45) is 0 Å². The van der Waals surface area contributed by atoms with E-state index in [4.69, 9.17) is 4.74 Å². The van der Waals surface area contributed by atoms with Crippen LogP contribution in [0, 0.1) is 0 Å². The third kappa shape index (κ3) is 2.11. The van der Waals surface area contributed by atoms with Crippen molar-refractivity contribution in [1.82, 2.24) is 9.97 Å². The Hall–Kier alpha value is -2.56. The number of hydrogen-bond donors (Lipinski definition) is 2. The van der Waals surface area contributed by atoms with Gasteiger partial charge in [-0.1, -0.05) is 6.92 Å². The molecule has 1 aromatic carbocycles. The quantitative estimate of drug-likeness (QED) is 0.770. The number of nitrogens with one attached hydrogen (secondary N) is 1. The van der Waals surface area contributed by atoms with Crippen LogP contribution >= 0.6 is 0 Å². The molecule has 5 heteroatoms. The van der Waals surface area contributed by atoms with Crippen molar-refractivity contribution >= 4 is 27.8 Å². The smallest absolute Gasteiger partial charge is 0.354 e. The van der Waals surface area contributed by atoms with Crippen LogP contribution in [0.5, 0.6) is 5.75 Å². The van der Waals surface area contributed by atoms with E-state index in [1.807, 2.05) is 32.0 Å². The van der Waals surface area contributed by atoms with Crippen LogP contribution in [0.15, 0.2) is 24.4 Å². The van der Waals surface area contributed by atoms with Crippen molar-refractivity contribution in [3.05, 3.63) is 35.7 Å². The van der Waals surface area contributed by atoms with Crippen LogP contribution in [0.3, 0.4) is 0 Å². The Bertz CT molecular complexity index is 836. The fourth-order valence-electron chi connectivity index (χ4n) is 2.72. The number of aromatic amines is 1. The predicted octanol–water partition coefficient (Wildman–Crippen LogP) is 3.38. The summed E-state index contributed by atoms with van der Waals surface area (Å²) < 4.78 is 5.54. The highest BCUT2D eigenvalue weighted by molar-refractivity contribution is 6.11. The van der Waals surface area contributed by atoms with Crippen molar-refractivity contribution < 1.29 is 14.6 Å². The summed E-state index contributed by atoms with van der Waals surface area (Å²) >= 11 is 0. The molecule has 0 amide bonds. The number of carboxylic acid groups (broad SMARTS) is 1. The van der Waals surface area contributed by atoms with Gasteiger partial charge in [0.2, 0.25) is 0 Å². The summed E-state index contributed by atoms with van der Waals surface area (Å²) in [4.78, 5) is 18.7. The molecule has 0 fully saturated rings. The van der Waals surface area contributed by atoms with Crippen LogP contribution in [0.25, 0.3) is 21.8 Å². The van der Waals surface area contributed by atoms with E-state index in [0.717, 1.165) is 33.1 Å². The number of carbonyl (C=O) groups is 1. The first-order valence-corrected chi connectivity index (χ1v) is 6.95. The molecule has 2 heterocycles. The minimum atomic E-state index is -0.996. The molecule has 0 saturated carbocycles. The van der Waals surface area contributed by atoms with Crippen molar-refractivity contribution in [3.8, 4) is 5.75 Å². The van der Waals surface area contributed by atoms with Crippen LogP contribution in [0.2, 0.25) is 0 Å². The monoisotopic (exact) mass is 284 g/mol. The molecule has 0 spiro atoms. The molecular weight excluding hydrogens is 268 g/mol. The standard InChI is InChI=1S/C16H16N2O3/c1-3-10-14-11-7-9(21-4-2)5-6-12(11)18-13(14)8-17-15(10)16(19)20/h5-8,18H,3-4H2,1-2H3,(H,19,20). The minimum absolute atomic E-state index is 0.118. The van der Waals surface area contributed by atoms with E-state index in [2.05, 4.69) is 9.97 Å². The van der Waals surface area contributed by atoms with Gasteiger partial charge in [-0.3, -0.25) is 0 Å². The number of aromatic nitrogens is 2. The van der Waals surface area contributed by atoms with Crippen molar-refractivity contribution in [1.29, 1.82) is 0 Å². The maximum atomic E-state index is 11.4. The van der Waals surface area contributed by atoms with Crippen LogP contribution in [0.1, 0.15) is 29.9 Å². The summed E-state index contributed by atoms with van der Waals surface area (Å²) in [6, 6.07) is 5.79. The largest absolute Gasteiger partial charge is 0.494 e. The molecular formula is C16H16N2O3. The number of H-pyrrole nitrogens is 1. The van der Waals surface area contributed by atoms with E-state index in [-0.39, 0.29) is 5.69 Å². The molecule has 0 aliphatic heterocycles. The second kappa shape index (κ2) is 5.09. The molecule has 0 unspecified atom stereocenters. The topological polar surface area (TPSA) is 75.2 Å². The highest BCUT2D eigenvalue weighted by atomic mass is 16.5. The van der Waals surface area contributed by atoms with Gasteiger partial charge in [-0.05, 0) is 37.1 Å². The molecule has 0 bridgehead atoms. The number of aromatic carboxylic acids is 1. The number of fused-ring (bicyclic) bond motifs is 3. The lowest BCUT2D eigenvalue weighted by Crippen LogP contribution is -2.05. The predicted molar refractivity (Wildman–Crippen MR) is 81.1 cm³/mol. The molecule has 21 heavy (non-hydrogen) atoms. The number of pyridine rings is 1. The maximum Gasteiger partial charge on any atom is 0.354 e. The summed E-state index contributed by atoms with van der Waals surface area (Å²) in [6.07, 6.45) is 2.19. The number of rotatable bonds is 4. The summed E-state index contributed by atoms with van der Waals surface area (Å²) in [7, 11) is 0. The Morgan fingerprint density at radius 1 is 1.33 bits per heavy atom. The number of ether oxygens (including phenoxy) is 1. The van der Waals surface area contributed by atoms with Gasteiger partial charge in [-0.2, -0.15) is 0 Å². The van der Waals surface area contributed by atoms with Gasteiger partial charge in [0.05, 0.1) is 18.3 Å². The lowest BCUT2D eigenvalue weighted by atomic mass is 10.0. The normalized spacial score (nSPS) is 11.1. The number of aryl methyl sites for hydroxylation is 1. The fraction of sp³-hybridized carbons (Fsp3) is 0.250. The molecule has 0 radical (unpaired) electrons. The molecule has 0 atom stereocenters. The number of hydrogen-bond acceptors (Lipinski definition) is 3. The van der Waals surface area contributed by atoms with Gasteiger partial charge in [-0.15, -0.1) is 0 Å². The maximum absolute atomic E-state index is 11.4. The van der Waals surface area contributed by atoms with E-state index < -0.39 is 5.97 Å². The lowest BCUT2D eigenvalue weighted by molar-refractivity contribution is 0.0689. The molecule has 3 aromatic rings. The molecule has 2 aromatic heterocycles. The number of nitrogens with zero attached hydrogens (tertiary/aromatic N) is 1. The van der Waals surface area contributed by atoms with Crippen molar-refractivity contribution in [2.75, 3.05) is 6.61 Å². The number of carboxylic acids is 1. The SMILES string of the molecule is CCOc1ccc2[nH]c3cnc(C(=O)O)c(CC)c3c2c1. The molecule has 0 aliphatic rings. The van der Waals surface area contributed by atoms with Gasteiger partial charge < -0.3 is 14.8 Å². The van der Waals surface area contributed by atoms with Gasteiger partial charge in [0.25, 0.3) is 0 Å². The Morgan fingerprint density at radius 2 is 2.14 bits per heavy atom. The second-order valence-corrected chi connectivity index (χ2v) is 4.80. The van der Waals surface area contributed by atoms with Crippen LogP contribution in [0.4, 0.5) is 0 Å². The zero-order valence-electron chi connectivity index (χ0n) is 11.9. The molecule has 0 saturated heterocycles. The third-order valence-corrected chi connectivity index (χ3v) is 3.58. The molecule has 108 valence electrons. The molecule has 5 nitrogen and oxygen atoms in total. The van der Waals surface area contributed by atoms with Gasteiger partial charge in [0.15, 0.2) is 5.69 Å². The Kier molecular flexibility index (Phi) is 3.25. The molecule has 2 N–H and O–H groups in total. The third-order valence-electron chi connectivity index (χ3n) is 3.58. The Morgan fingerprint density at radius 3 is 2.81 bits per heavy atom. The first-order chi connectivity index (χ1) is 10.2. The summed E-state index contributed by atoms with van der Waals surface area (Å²) in [5, 5.41) is 11.2. The van der Waals surface area contributed by atoms with E-state index >= 15 is 0 Å². The lowest BCUT2D eigenvalue weighted by Gasteiger charge is -2.06. The Balaban J connectivity index is 2.38. The zero-order chi connectivity index (χ0) is 15.0. The van der Waals surface area contributed by atoms with Crippen LogP contribution in [-0.2, 0) is 6.42 Å². The average molecular weight is 284 g/mol. The van der Waals surface area contributed by atoms with E-state index in [1.165, 1.54) is 0 Å². The average Bonchev–Trinajstić information content (AvgIpc) is 2.84. The van der Waals surface area contributed by atoms with Gasteiger partial charge in [0.1, 0.15) is 5.75 Å². The summed E-state index contributed by atoms with van der Waals surface area (Å²) in [5.41, 5.74) is 2.67. The van der Waals surface area contributed by atoms with Gasteiger partial charge in [-0.25, -0.2) is 9.78 Å². The van der Waals surface area contributed by atoms with E-state index in [0.29, 0.717) is 13.0 Å². The number of benzene rings is 1. The van der Waals surface area contributed by atoms with Gasteiger partial charge in [0, 0.05) is 16.3 Å². The van der Waals surface area contributed by atoms with Crippen LogP contribution < -0.4 is 4.74 Å². The molecule has 0 aliphatic carbocycles. The second-order valence-electron chi connectivity index (χ2n) is 4.80. The fourth-order valence-corrected chi connectivity index (χ4v) is 2.72. The minimum Gasteiger partial charge on any atom is -0.494 e. The van der Waals surface area contributed by atoms with E-state index in [9.17, 15) is 9.90 Å². The highest BCUT2D eigenvalue weighted by Gasteiger charge is 2.17. The first-order valence-electron chi connectivity index (χ1n) is 6.95. The Labute approximate surface area is 121 Å². The zero-order valence-corrected chi connectivity index (χ0v) is 11.9.